The van der Waals surface area contributed by atoms with E-state index in [-0.39, 0.29) is 0 Å². The highest BCUT2D eigenvalue weighted by Gasteiger charge is 2.23. The standard InChI is InChI=1S/C51H35N5/c1-5-20-36(21-6-1)40-32-19-33-44-43-30-16-18-35-47(43)56(48(40)44)51-53-49(37-22-7-2-8-23-37)52-50(54-51)45-31-14-13-28-41(45)42-29-15-17-34-46(42)55(38-24-9-3-10-25-38)39-26-11-4-12-27-39/h1-35H. The number of rotatable bonds is 8. The van der Waals surface area contributed by atoms with Crippen molar-refractivity contribution in [3.8, 4) is 51.0 Å². The molecule has 0 N–H and O–H groups in total. The van der Waals surface area contributed by atoms with E-state index in [1.54, 1.807) is 0 Å². The Morgan fingerprint density at radius 3 is 1.54 bits per heavy atom. The molecule has 0 aliphatic rings. The van der Waals surface area contributed by atoms with E-state index in [0.29, 0.717) is 17.6 Å². The first-order valence-corrected chi connectivity index (χ1v) is 18.8. The van der Waals surface area contributed by atoms with E-state index < -0.39 is 0 Å². The third-order valence-corrected chi connectivity index (χ3v) is 10.3. The Morgan fingerprint density at radius 1 is 0.339 bits per heavy atom. The van der Waals surface area contributed by atoms with Gasteiger partial charge in [0.25, 0.3) is 0 Å². The van der Waals surface area contributed by atoms with Crippen molar-refractivity contribution >= 4 is 38.9 Å². The smallest absolute Gasteiger partial charge is 0.238 e. The normalized spacial score (nSPS) is 11.2. The van der Waals surface area contributed by atoms with Crippen LogP contribution in [0.4, 0.5) is 17.1 Å². The molecule has 0 radical (unpaired) electrons. The van der Waals surface area contributed by atoms with Gasteiger partial charge in [0, 0.05) is 44.4 Å². The predicted octanol–water partition coefficient (Wildman–Crippen LogP) is 13.1. The topological polar surface area (TPSA) is 46.8 Å². The number of aromatic nitrogens is 4. The van der Waals surface area contributed by atoms with Crippen LogP contribution >= 0.6 is 0 Å². The van der Waals surface area contributed by atoms with Gasteiger partial charge >= 0.3 is 0 Å². The molecule has 2 aromatic heterocycles. The number of benzene rings is 8. The molecule has 0 aliphatic carbocycles. The molecule has 5 heteroatoms. The molecule has 56 heavy (non-hydrogen) atoms. The van der Waals surface area contributed by atoms with Crippen LogP contribution in [0.2, 0.25) is 0 Å². The first-order valence-electron chi connectivity index (χ1n) is 18.8. The largest absolute Gasteiger partial charge is 0.310 e. The van der Waals surface area contributed by atoms with Crippen molar-refractivity contribution in [2.24, 2.45) is 0 Å². The third-order valence-electron chi connectivity index (χ3n) is 10.3. The summed E-state index contributed by atoms with van der Waals surface area (Å²) in [6.45, 7) is 0. The van der Waals surface area contributed by atoms with Crippen molar-refractivity contribution in [3.05, 3.63) is 212 Å². The fourth-order valence-corrected chi connectivity index (χ4v) is 7.77. The zero-order chi connectivity index (χ0) is 37.3. The molecule has 0 amide bonds. The summed E-state index contributed by atoms with van der Waals surface area (Å²) in [4.78, 5) is 18.2. The SMILES string of the molecule is c1ccc(-c2nc(-c3ccccc3-c3ccccc3N(c3ccccc3)c3ccccc3)nc(-n3c4ccccc4c4cccc(-c5ccccc5)c43)n2)cc1. The highest BCUT2D eigenvalue weighted by molar-refractivity contribution is 6.13. The monoisotopic (exact) mass is 717 g/mol. The summed E-state index contributed by atoms with van der Waals surface area (Å²) >= 11 is 0. The molecule has 5 nitrogen and oxygen atoms in total. The van der Waals surface area contributed by atoms with Crippen molar-refractivity contribution in [3.63, 3.8) is 0 Å². The van der Waals surface area contributed by atoms with E-state index in [2.05, 4.69) is 204 Å². The summed E-state index contributed by atoms with van der Waals surface area (Å²) in [7, 11) is 0. The molecular weight excluding hydrogens is 683 g/mol. The van der Waals surface area contributed by atoms with Gasteiger partial charge in [-0.2, -0.15) is 9.97 Å². The Kier molecular flexibility index (Phi) is 8.43. The van der Waals surface area contributed by atoms with Crippen molar-refractivity contribution in [1.29, 1.82) is 0 Å². The van der Waals surface area contributed by atoms with Gasteiger partial charge in [0.2, 0.25) is 5.95 Å². The lowest BCUT2D eigenvalue weighted by molar-refractivity contribution is 0.954. The molecule has 0 unspecified atom stereocenters. The Balaban J connectivity index is 1.24. The minimum atomic E-state index is 0.557. The zero-order valence-corrected chi connectivity index (χ0v) is 30.4. The van der Waals surface area contributed by atoms with Crippen LogP contribution in [0.25, 0.3) is 72.8 Å². The molecule has 10 rings (SSSR count). The van der Waals surface area contributed by atoms with Gasteiger partial charge in [-0.1, -0.05) is 176 Å². The van der Waals surface area contributed by atoms with E-state index >= 15 is 0 Å². The molecule has 8 aromatic carbocycles. The van der Waals surface area contributed by atoms with Crippen LogP contribution in [-0.2, 0) is 0 Å². The molecule has 0 bridgehead atoms. The quantitative estimate of drug-likeness (QED) is 0.157. The average molecular weight is 718 g/mol. The Hall–Kier alpha value is -7.63. The van der Waals surface area contributed by atoms with Gasteiger partial charge in [0.1, 0.15) is 0 Å². The van der Waals surface area contributed by atoms with Crippen LogP contribution in [0.15, 0.2) is 212 Å². The lowest BCUT2D eigenvalue weighted by atomic mass is 9.96. The third kappa shape index (κ3) is 5.88. The fourth-order valence-electron chi connectivity index (χ4n) is 7.77. The summed E-state index contributed by atoms with van der Waals surface area (Å²) in [6, 6.07) is 73.8. The second-order valence-corrected chi connectivity index (χ2v) is 13.6. The van der Waals surface area contributed by atoms with E-state index in [9.17, 15) is 0 Å². The summed E-state index contributed by atoms with van der Waals surface area (Å²) in [6.07, 6.45) is 0. The van der Waals surface area contributed by atoms with Crippen LogP contribution in [0, 0.1) is 0 Å². The molecule has 0 spiro atoms. The van der Waals surface area contributed by atoms with Crippen LogP contribution in [0.3, 0.4) is 0 Å². The molecule has 0 saturated heterocycles. The van der Waals surface area contributed by atoms with Gasteiger partial charge < -0.3 is 4.90 Å². The van der Waals surface area contributed by atoms with E-state index in [1.165, 1.54) is 0 Å². The minimum Gasteiger partial charge on any atom is -0.310 e. The summed E-state index contributed by atoms with van der Waals surface area (Å²) < 4.78 is 2.22. The Bertz CT molecular complexity index is 2920. The van der Waals surface area contributed by atoms with Gasteiger partial charge in [-0.05, 0) is 47.5 Å². The first kappa shape index (κ1) is 33.0. The van der Waals surface area contributed by atoms with Crippen LogP contribution < -0.4 is 4.90 Å². The lowest BCUT2D eigenvalue weighted by Crippen LogP contribution is -2.11. The van der Waals surface area contributed by atoms with Crippen molar-refractivity contribution in [2.75, 3.05) is 4.90 Å². The summed E-state index contributed by atoms with van der Waals surface area (Å²) in [5, 5.41) is 2.28. The highest BCUT2D eigenvalue weighted by atomic mass is 15.2. The lowest BCUT2D eigenvalue weighted by Gasteiger charge is -2.28. The van der Waals surface area contributed by atoms with Crippen LogP contribution in [0.5, 0.6) is 0 Å². The summed E-state index contributed by atoms with van der Waals surface area (Å²) in [5.41, 5.74) is 11.4. The van der Waals surface area contributed by atoms with Gasteiger partial charge in [-0.25, -0.2) is 4.98 Å². The van der Waals surface area contributed by atoms with E-state index in [0.717, 1.165) is 72.2 Å². The van der Waals surface area contributed by atoms with Crippen molar-refractivity contribution < 1.29 is 0 Å². The Morgan fingerprint density at radius 2 is 0.839 bits per heavy atom. The van der Waals surface area contributed by atoms with Gasteiger partial charge in [0.05, 0.1) is 16.7 Å². The van der Waals surface area contributed by atoms with Gasteiger partial charge in [-0.15, -0.1) is 0 Å². The predicted molar refractivity (Wildman–Crippen MR) is 231 cm³/mol. The van der Waals surface area contributed by atoms with E-state index in [4.69, 9.17) is 15.0 Å². The molecule has 0 aliphatic heterocycles. The van der Waals surface area contributed by atoms with Gasteiger partial charge in [-0.3, -0.25) is 4.57 Å². The number of para-hydroxylation sites is 5. The summed E-state index contributed by atoms with van der Waals surface area (Å²) in [5.74, 6) is 1.75. The number of hydrogen-bond acceptors (Lipinski definition) is 4. The number of nitrogens with zero attached hydrogens (tertiary/aromatic N) is 5. The Labute approximate surface area is 325 Å². The zero-order valence-electron chi connectivity index (χ0n) is 30.4. The molecule has 264 valence electrons. The second-order valence-electron chi connectivity index (χ2n) is 13.6. The number of hydrogen-bond donors (Lipinski definition) is 0. The maximum absolute atomic E-state index is 5.41. The van der Waals surface area contributed by atoms with Crippen LogP contribution in [-0.4, -0.2) is 19.5 Å². The maximum Gasteiger partial charge on any atom is 0.238 e. The van der Waals surface area contributed by atoms with Crippen LogP contribution in [0.1, 0.15) is 0 Å². The molecule has 2 heterocycles. The highest BCUT2D eigenvalue weighted by Crippen LogP contribution is 2.44. The molecular formula is C51H35N5. The molecule has 0 saturated carbocycles. The number of anilines is 3. The molecule has 0 fully saturated rings. The number of fused-ring (bicyclic) bond motifs is 3. The molecule has 0 atom stereocenters. The fraction of sp³-hybridized carbons (Fsp3) is 0. The molecule has 10 aromatic rings. The van der Waals surface area contributed by atoms with E-state index in [1.807, 2.05) is 18.2 Å². The average Bonchev–Trinajstić information content (AvgIpc) is 3.63. The minimum absolute atomic E-state index is 0.557. The maximum atomic E-state index is 5.41. The van der Waals surface area contributed by atoms with Crippen molar-refractivity contribution in [2.45, 2.75) is 0 Å². The second kappa shape index (κ2) is 14.3. The van der Waals surface area contributed by atoms with Gasteiger partial charge in [0.15, 0.2) is 11.6 Å². The first-order chi connectivity index (χ1) is 27.8. The van der Waals surface area contributed by atoms with Crippen molar-refractivity contribution in [1.82, 2.24) is 19.5 Å².